The molecule has 0 bridgehead atoms. The van der Waals surface area contributed by atoms with Crippen molar-refractivity contribution >= 4 is 44.7 Å². The number of rotatable bonds is 5. The molecule has 2 rings (SSSR count). The minimum absolute atomic E-state index is 0.0230. The summed E-state index contributed by atoms with van der Waals surface area (Å²) < 4.78 is 11.2. The van der Waals surface area contributed by atoms with Gasteiger partial charge in [-0.3, -0.25) is 4.79 Å². The first-order valence-electron chi connectivity index (χ1n) is 5.74. The van der Waals surface area contributed by atoms with Crippen LogP contribution in [0.3, 0.4) is 0 Å². The van der Waals surface area contributed by atoms with Gasteiger partial charge in [0, 0.05) is 6.42 Å². The number of ether oxygens (including phenoxy) is 2. The number of hydrogen-bond donors (Lipinski definition) is 0. The Morgan fingerprint density at radius 1 is 1.25 bits per heavy atom. The van der Waals surface area contributed by atoms with Crippen molar-refractivity contribution in [1.29, 1.82) is 0 Å². The summed E-state index contributed by atoms with van der Waals surface area (Å²) in [6.45, 7) is 0. The van der Waals surface area contributed by atoms with Gasteiger partial charge in [-0.25, -0.2) is 0 Å². The highest BCUT2D eigenvalue weighted by atomic mass is 79.9. The van der Waals surface area contributed by atoms with E-state index >= 15 is 0 Å². The first-order chi connectivity index (χ1) is 9.55. The van der Waals surface area contributed by atoms with E-state index in [1.54, 1.807) is 32.4 Å². The molecule has 0 fully saturated rings. The van der Waals surface area contributed by atoms with E-state index in [0.29, 0.717) is 27.8 Å². The van der Waals surface area contributed by atoms with Crippen LogP contribution in [0.5, 0.6) is 11.5 Å². The summed E-state index contributed by atoms with van der Waals surface area (Å²) in [5.74, 6) is 1.28. The second kappa shape index (κ2) is 6.61. The lowest BCUT2D eigenvalue weighted by molar-refractivity contribution is 0.0997. The van der Waals surface area contributed by atoms with Gasteiger partial charge in [0.1, 0.15) is 0 Å². The molecule has 0 unspecified atom stereocenters. The molecule has 2 aromatic rings. The molecule has 1 aromatic carbocycles. The van der Waals surface area contributed by atoms with Crippen molar-refractivity contribution in [1.82, 2.24) is 0 Å². The molecule has 0 amide bonds. The Kier molecular flexibility index (Phi) is 5.07. The number of carbonyl (C=O) groups is 1. The maximum atomic E-state index is 12.2. The average Bonchev–Trinajstić information content (AvgIpc) is 2.78. The molecule has 0 aliphatic carbocycles. The van der Waals surface area contributed by atoms with Crippen LogP contribution in [-0.2, 0) is 6.42 Å². The lowest BCUT2D eigenvalue weighted by atomic mass is 10.1. The number of carbonyl (C=O) groups excluding carboxylic acids is 1. The van der Waals surface area contributed by atoms with Crippen LogP contribution in [0.25, 0.3) is 0 Å². The van der Waals surface area contributed by atoms with Crippen LogP contribution >= 0.6 is 38.9 Å². The van der Waals surface area contributed by atoms with Crippen molar-refractivity contribution in [2.75, 3.05) is 14.2 Å². The van der Waals surface area contributed by atoms with E-state index in [4.69, 9.17) is 21.1 Å². The summed E-state index contributed by atoms with van der Waals surface area (Å²) >= 11 is 10.6. The molecule has 0 saturated heterocycles. The third-order valence-electron chi connectivity index (χ3n) is 2.73. The van der Waals surface area contributed by atoms with Gasteiger partial charge in [0.05, 0.1) is 27.9 Å². The van der Waals surface area contributed by atoms with Gasteiger partial charge < -0.3 is 9.47 Å². The summed E-state index contributed by atoms with van der Waals surface area (Å²) in [5, 5.41) is 0.561. The van der Waals surface area contributed by atoms with Gasteiger partial charge in [-0.05, 0) is 39.7 Å². The second-order valence-electron chi connectivity index (χ2n) is 4.02. The third-order valence-corrected chi connectivity index (χ3v) is 5.25. The average molecular weight is 376 g/mol. The highest BCUT2D eigenvalue weighted by Gasteiger charge is 2.14. The van der Waals surface area contributed by atoms with Crippen LogP contribution in [0.1, 0.15) is 15.2 Å². The third kappa shape index (κ3) is 3.34. The summed E-state index contributed by atoms with van der Waals surface area (Å²) in [5.41, 5.74) is 0.869. The minimum Gasteiger partial charge on any atom is -0.493 e. The lowest BCUT2D eigenvalue weighted by Crippen LogP contribution is -2.02. The van der Waals surface area contributed by atoms with Gasteiger partial charge in [0.25, 0.3) is 0 Å². The Bertz CT molecular complexity index is 620. The predicted molar refractivity (Wildman–Crippen MR) is 84.6 cm³/mol. The van der Waals surface area contributed by atoms with Gasteiger partial charge in [0.2, 0.25) is 0 Å². The molecule has 0 aliphatic heterocycles. The van der Waals surface area contributed by atoms with Crippen LogP contribution in [0.15, 0.2) is 28.1 Å². The Morgan fingerprint density at radius 2 is 1.95 bits per heavy atom. The van der Waals surface area contributed by atoms with Crippen molar-refractivity contribution < 1.29 is 14.3 Å². The fourth-order valence-electron chi connectivity index (χ4n) is 1.75. The maximum absolute atomic E-state index is 12.2. The Labute approximate surface area is 134 Å². The van der Waals surface area contributed by atoms with E-state index < -0.39 is 0 Å². The summed E-state index contributed by atoms with van der Waals surface area (Å²) in [4.78, 5) is 12.8. The Hall–Kier alpha value is -1.04. The molecule has 20 heavy (non-hydrogen) atoms. The van der Waals surface area contributed by atoms with Crippen molar-refractivity contribution in [3.05, 3.63) is 43.5 Å². The van der Waals surface area contributed by atoms with E-state index in [-0.39, 0.29) is 5.78 Å². The Balaban J connectivity index is 2.19. The molecule has 0 N–H and O–H groups in total. The van der Waals surface area contributed by atoms with E-state index in [2.05, 4.69) is 15.9 Å². The van der Waals surface area contributed by atoms with Crippen molar-refractivity contribution in [3.8, 4) is 11.5 Å². The number of halogens is 2. The van der Waals surface area contributed by atoms with E-state index in [0.717, 1.165) is 9.35 Å². The quantitative estimate of drug-likeness (QED) is 0.716. The number of thiophene rings is 1. The fraction of sp³-hybridized carbons (Fsp3) is 0.214. The largest absolute Gasteiger partial charge is 0.493 e. The van der Waals surface area contributed by atoms with Crippen LogP contribution < -0.4 is 9.47 Å². The predicted octanol–water partition coefficient (Wildman–Crippen LogP) is 4.61. The zero-order chi connectivity index (χ0) is 14.7. The zero-order valence-corrected chi connectivity index (χ0v) is 14.1. The van der Waals surface area contributed by atoms with Gasteiger partial charge in [-0.2, -0.15) is 0 Å². The van der Waals surface area contributed by atoms with Gasteiger partial charge in [0.15, 0.2) is 17.3 Å². The van der Waals surface area contributed by atoms with Crippen LogP contribution in [0, 0.1) is 0 Å². The first-order valence-corrected chi connectivity index (χ1v) is 7.73. The zero-order valence-electron chi connectivity index (χ0n) is 10.9. The number of methoxy groups -OCH3 is 2. The van der Waals surface area contributed by atoms with Gasteiger partial charge in [-0.15, -0.1) is 11.3 Å². The summed E-state index contributed by atoms with van der Waals surface area (Å²) in [7, 11) is 3.15. The maximum Gasteiger partial charge on any atom is 0.177 e. The smallest absolute Gasteiger partial charge is 0.177 e. The molecule has 1 aromatic heterocycles. The van der Waals surface area contributed by atoms with Crippen LogP contribution in [-0.4, -0.2) is 20.0 Å². The minimum atomic E-state index is 0.0230. The highest BCUT2D eigenvalue weighted by Crippen LogP contribution is 2.33. The summed E-state index contributed by atoms with van der Waals surface area (Å²) in [6.07, 6.45) is 0.295. The fourth-order valence-corrected chi connectivity index (χ4v) is 3.39. The summed E-state index contributed by atoms with van der Waals surface area (Å²) in [6, 6.07) is 7.13. The molecule has 3 nitrogen and oxygen atoms in total. The number of benzene rings is 1. The number of ketones is 1. The molecule has 0 spiro atoms. The molecule has 0 atom stereocenters. The molecular formula is C14H12BrClO3S. The molecule has 0 radical (unpaired) electrons. The van der Waals surface area contributed by atoms with Crippen LogP contribution in [0.4, 0.5) is 0 Å². The molecule has 0 aliphatic rings. The molecule has 6 heteroatoms. The lowest BCUT2D eigenvalue weighted by Gasteiger charge is -2.08. The van der Waals surface area contributed by atoms with Gasteiger partial charge in [-0.1, -0.05) is 17.7 Å². The van der Waals surface area contributed by atoms with E-state index in [1.165, 1.54) is 11.3 Å². The topological polar surface area (TPSA) is 35.5 Å². The molecule has 106 valence electrons. The SMILES string of the molecule is COc1ccc(CC(=O)c2cc(Cl)c(Br)s2)cc1OC. The Morgan fingerprint density at radius 3 is 2.50 bits per heavy atom. The number of Topliss-reactive ketones (excluding diaryl/α,β-unsaturated/α-hetero) is 1. The number of hydrogen-bond acceptors (Lipinski definition) is 4. The van der Waals surface area contributed by atoms with E-state index in [9.17, 15) is 4.79 Å². The normalized spacial score (nSPS) is 10.4. The molecule has 1 heterocycles. The standard InChI is InChI=1S/C14H12BrClO3S/c1-18-11-4-3-8(6-12(11)19-2)5-10(17)13-7-9(16)14(15)20-13/h3-4,6-7H,5H2,1-2H3. The highest BCUT2D eigenvalue weighted by molar-refractivity contribution is 9.11. The van der Waals surface area contributed by atoms with Gasteiger partial charge >= 0.3 is 0 Å². The van der Waals surface area contributed by atoms with Crippen LogP contribution in [0.2, 0.25) is 5.02 Å². The van der Waals surface area contributed by atoms with Crippen molar-refractivity contribution in [3.63, 3.8) is 0 Å². The molecular weight excluding hydrogens is 364 g/mol. The van der Waals surface area contributed by atoms with Crippen molar-refractivity contribution in [2.45, 2.75) is 6.42 Å². The monoisotopic (exact) mass is 374 g/mol. The second-order valence-corrected chi connectivity index (χ2v) is 6.80. The van der Waals surface area contributed by atoms with Crippen molar-refractivity contribution in [2.24, 2.45) is 0 Å². The first kappa shape index (κ1) is 15.4. The molecule has 0 saturated carbocycles. The van der Waals surface area contributed by atoms with E-state index in [1.807, 2.05) is 6.07 Å².